The molecule has 3 rings (SSSR count). The molecule has 0 aliphatic carbocycles. The van der Waals surface area contributed by atoms with Crippen molar-refractivity contribution in [3.63, 3.8) is 0 Å². The van der Waals surface area contributed by atoms with Gasteiger partial charge in [-0.25, -0.2) is 4.68 Å². The molecule has 0 radical (unpaired) electrons. The summed E-state index contributed by atoms with van der Waals surface area (Å²) < 4.78 is 1.61. The molecule has 0 atom stereocenters. The van der Waals surface area contributed by atoms with Crippen LogP contribution in [0.15, 0.2) is 52.8 Å². The van der Waals surface area contributed by atoms with E-state index in [1.165, 1.54) is 17.3 Å². The van der Waals surface area contributed by atoms with Gasteiger partial charge >= 0.3 is 0 Å². The second kappa shape index (κ2) is 5.92. The maximum Gasteiger partial charge on any atom is 0.256 e. The average molecular weight is 298 g/mol. The zero-order chi connectivity index (χ0) is 14.7. The molecule has 0 unspecified atom stereocenters. The van der Waals surface area contributed by atoms with Gasteiger partial charge in [-0.1, -0.05) is 17.7 Å². The second-order valence-corrected chi connectivity index (χ2v) is 5.40. The number of rotatable bonds is 4. The summed E-state index contributed by atoms with van der Waals surface area (Å²) in [6.07, 6.45) is 3.49. The number of anilines is 1. The van der Waals surface area contributed by atoms with Crippen LogP contribution in [-0.4, -0.2) is 31.8 Å². The minimum absolute atomic E-state index is 0.494. The Hall–Kier alpha value is -2.41. The largest absolute Gasteiger partial charge is 0.357 e. The Morgan fingerprint density at radius 1 is 1.10 bits per heavy atom. The van der Waals surface area contributed by atoms with Gasteiger partial charge in [0, 0.05) is 24.3 Å². The van der Waals surface area contributed by atoms with Crippen LogP contribution in [0.2, 0.25) is 0 Å². The third-order valence-corrected chi connectivity index (χ3v) is 3.64. The normalized spacial score (nSPS) is 10.6. The summed E-state index contributed by atoms with van der Waals surface area (Å²) in [5.74, 6) is 1.01. The molecule has 6 nitrogen and oxygen atoms in total. The molecule has 0 aliphatic rings. The third kappa shape index (κ3) is 3.19. The third-order valence-electron chi connectivity index (χ3n) is 2.77. The van der Waals surface area contributed by atoms with Crippen molar-refractivity contribution in [2.75, 3.05) is 12.4 Å². The van der Waals surface area contributed by atoms with Crippen LogP contribution in [-0.2, 0) is 0 Å². The molecule has 7 heteroatoms. The molecule has 0 saturated carbocycles. The number of hydrogen-bond donors (Lipinski definition) is 1. The van der Waals surface area contributed by atoms with Gasteiger partial charge in [0.2, 0.25) is 5.95 Å². The van der Waals surface area contributed by atoms with E-state index in [1.54, 1.807) is 24.1 Å². The first-order chi connectivity index (χ1) is 10.2. The highest BCUT2D eigenvalue weighted by molar-refractivity contribution is 7.99. The van der Waals surface area contributed by atoms with Crippen molar-refractivity contribution in [1.82, 2.24) is 24.7 Å². The Morgan fingerprint density at radius 3 is 2.57 bits per heavy atom. The van der Waals surface area contributed by atoms with Crippen molar-refractivity contribution in [2.24, 2.45) is 0 Å². The SMILES string of the molecule is CNc1nc(Sc2ccc(C)cc2)nc(-n2cccn2)n1. The zero-order valence-electron chi connectivity index (χ0n) is 11.7. The van der Waals surface area contributed by atoms with Gasteiger partial charge in [0.05, 0.1) is 0 Å². The Labute approximate surface area is 126 Å². The molecular weight excluding hydrogens is 284 g/mol. The molecule has 0 spiro atoms. The molecule has 106 valence electrons. The molecule has 1 aromatic carbocycles. The monoisotopic (exact) mass is 298 g/mol. The van der Waals surface area contributed by atoms with Gasteiger partial charge < -0.3 is 5.32 Å². The van der Waals surface area contributed by atoms with Crippen molar-refractivity contribution < 1.29 is 0 Å². The highest BCUT2D eigenvalue weighted by atomic mass is 32.2. The predicted molar refractivity (Wildman–Crippen MR) is 81.8 cm³/mol. The minimum atomic E-state index is 0.494. The molecule has 2 heterocycles. The molecule has 3 aromatic rings. The lowest BCUT2D eigenvalue weighted by Gasteiger charge is -2.06. The highest BCUT2D eigenvalue weighted by Gasteiger charge is 2.09. The van der Waals surface area contributed by atoms with Crippen molar-refractivity contribution in [3.05, 3.63) is 48.3 Å². The summed E-state index contributed by atoms with van der Waals surface area (Å²) in [6, 6.07) is 10.1. The van der Waals surface area contributed by atoms with Crippen LogP contribution in [0.3, 0.4) is 0 Å². The zero-order valence-corrected chi connectivity index (χ0v) is 12.5. The number of aryl methyl sites for hydroxylation is 1. The summed E-state index contributed by atoms with van der Waals surface area (Å²) in [5.41, 5.74) is 1.23. The maximum absolute atomic E-state index is 4.44. The van der Waals surface area contributed by atoms with E-state index in [0.29, 0.717) is 17.1 Å². The molecule has 2 aromatic heterocycles. The van der Waals surface area contributed by atoms with Gasteiger partial charge in [-0.3, -0.25) is 0 Å². The molecule has 0 bridgehead atoms. The topological polar surface area (TPSA) is 68.5 Å². The van der Waals surface area contributed by atoms with E-state index in [1.807, 2.05) is 6.07 Å². The van der Waals surface area contributed by atoms with Gasteiger partial charge in [0.15, 0.2) is 5.16 Å². The molecule has 0 fully saturated rings. The second-order valence-electron chi connectivity index (χ2n) is 4.36. The van der Waals surface area contributed by atoms with E-state index in [9.17, 15) is 0 Å². The number of nitrogens with zero attached hydrogens (tertiary/aromatic N) is 5. The lowest BCUT2D eigenvalue weighted by Crippen LogP contribution is -2.07. The molecule has 0 saturated heterocycles. The van der Waals surface area contributed by atoms with Crippen molar-refractivity contribution in [2.45, 2.75) is 17.0 Å². The standard InChI is InChI=1S/C14H14N6S/c1-10-4-6-11(7-5-10)21-14-18-12(15-2)17-13(19-14)20-9-3-8-16-20/h3-9H,1-2H3,(H,15,17,18,19). The fourth-order valence-electron chi connectivity index (χ4n) is 1.70. The molecule has 1 N–H and O–H groups in total. The van der Waals surface area contributed by atoms with Crippen LogP contribution in [0.25, 0.3) is 5.95 Å². The predicted octanol–water partition coefficient (Wildman–Crippen LogP) is 2.56. The van der Waals surface area contributed by atoms with E-state index in [0.717, 1.165) is 4.90 Å². The Balaban J connectivity index is 1.94. The molecule has 0 amide bonds. The summed E-state index contributed by atoms with van der Waals surface area (Å²) in [7, 11) is 1.78. The molecule has 21 heavy (non-hydrogen) atoms. The van der Waals surface area contributed by atoms with E-state index in [2.05, 4.69) is 56.6 Å². The summed E-state index contributed by atoms with van der Waals surface area (Å²) in [6.45, 7) is 2.06. The smallest absolute Gasteiger partial charge is 0.256 e. The Kier molecular flexibility index (Phi) is 3.83. The lowest BCUT2D eigenvalue weighted by atomic mass is 10.2. The quantitative estimate of drug-likeness (QED) is 0.798. The van der Waals surface area contributed by atoms with Crippen LogP contribution < -0.4 is 5.32 Å². The first-order valence-corrected chi connectivity index (χ1v) is 7.24. The van der Waals surface area contributed by atoms with Crippen LogP contribution >= 0.6 is 11.8 Å². The summed E-state index contributed by atoms with van der Waals surface area (Å²) >= 11 is 1.49. The van der Waals surface area contributed by atoms with Gasteiger partial charge in [0.1, 0.15) is 0 Å². The van der Waals surface area contributed by atoms with Gasteiger partial charge in [-0.2, -0.15) is 20.1 Å². The fraction of sp³-hybridized carbons (Fsp3) is 0.143. The molecular formula is C14H14N6S. The maximum atomic E-state index is 4.44. The number of benzene rings is 1. The molecule has 0 aliphatic heterocycles. The van der Waals surface area contributed by atoms with Crippen molar-refractivity contribution in [3.8, 4) is 5.95 Å². The van der Waals surface area contributed by atoms with Crippen molar-refractivity contribution in [1.29, 1.82) is 0 Å². The minimum Gasteiger partial charge on any atom is -0.357 e. The van der Waals surface area contributed by atoms with Gasteiger partial charge in [-0.05, 0) is 36.9 Å². The van der Waals surface area contributed by atoms with Crippen LogP contribution in [0.4, 0.5) is 5.95 Å². The average Bonchev–Trinajstić information content (AvgIpc) is 3.04. The van der Waals surface area contributed by atoms with E-state index >= 15 is 0 Å². The first kappa shape index (κ1) is 13.6. The van der Waals surface area contributed by atoms with Crippen LogP contribution in [0.1, 0.15) is 5.56 Å². The van der Waals surface area contributed by atoms with E-state index in [4.69, 9.17) is 0 Å². The van der Waals surface area contributed by atoms with Crippen LogP contribution in [0, 0.1) is 6.92 Å². The van der Waals surface area contributed by atoms with Crippen molar-refractivity contribution >= 4 is 17.7 Å². The number of aromatic nitrogens is 5. The van der Waals surface area contributed by atoms with Gasteiger partial charge in [0.25, 0.3) is 5.95 Å². The number of nitrogens with one attached hydrogen (secondary N) is 1. The number of hydrogen-bond acceptors (Lipinski definition) is 6. The summed E-state index contributed by atoms with van der Waals surface area (Å²) in [5, 5.41) is 7.72. The van der Waals surface area contributed by atoms with Gasteiger partial charge in [-0.15, -0.1) is 0 Å². The highest BCUT2D eigenvalue weighted by Crippen LogP contribution is 2.25. The van der Waals surface area contributed by atoms with E-state index < -0.39 is 0 Å². The lowest BCUT2D eigenvalue weighted by molar-refractivity contribution is 0.762. The first-order valence-electron chi connectivity index (χ1n) is 6.43. The fourth-order valence-corrected chi connectivity index (χ4v) is 2.45. The van der Waals surface area contributed by atoms with Crippen LogP contribution in [0.5, 0.6) is 0 Å². The van der Waals surface area contributed by atoms with E-state index in [-0.39, 0.29) is 0 Å². The Bertz CT molecular complexity index is 724. The Morgan fingerprint density at radius 2 is 1.90 bits per heavy atom. The summed E-state index contributed by atoms with van der Waals surface area (Å²) in [4.78, 5) is 14.2.